The van der Waals surface area contributed by atoms with Crippen LogP contribution < -0.4 is 0 Å². The van der Waals surface area contributed by atoms with E-state index in [1.165, 1.54) is 53.2 Å². The Balaban J connectivity index is 1.48. The van der Waals surface area contributed by atoms with E-state index in [9.17, 15) is 19.2 Å². The number of rotatable bonds is 10. The number of ether oxygens (including phenoxy) is 7. The molecule has 0 N–H and O–H groups in total. The lowest BCUT2D eigenvalue weighted by molar-refractivity contribution is -0.367. The highest BCUT2D eigenvalue weighted by Crippen LogP contribution is 2.47. The minimum atomic E-state index is -1.91. The lowest BCUT2D eigenvalue weighted by atomic mass is 9.86. The van der Waals surface area contributed by atoms with Crippen molar-refractivity contribution in [1.29, 1.82) is 0 Å². The summed E-state index contributed by atoms with van der Waals surface area (Å²) in [5.74, 6) is -4.35. The lowest BCUT2D eigenvalue weighted by Gasteiger charge is -2.50. The molecule has 2 aromatic carbocycles. The molecule has 2 saturated heterocycles. The Morgan fingerprint density at radius 2 is 1.50 bits per heavy atom. The van der Waals surface area contributed by atoms with Crippen LogP contribution in [-0.2, 0) is 64.5 Å². The van der Waals surface area contributed by atoms with Crippen LogP contribution in [0.5, 0.6) is 0 Å². The van der Waals surface area contributed by atoms with E-state index in [4.69, 9.17) is 44.8 Å². The standard InChI is InChI=1S/C36H43ClO11/c1-21(38)43-20-31-32(45-22(2)39)33(46-23(3)40)34(47-24(4)41)36(42-5,48-31)29-12-13-30(37)27(17-29)16-25-8-10-26(11-9-25)28-18-35(44-19-28)14-6-7-15-35/h8-13,17,28,31-34H,6-7,14-16,18-20H2,1-5H3/t28?,31-,32-,33+,34-,36?/m1/s1. The fraction of sp³-hybridized carbons (Fsp3) is 0.556. The normalized spacial score (nSPS) is 27.8. The molecule has 0 aromatic heterocycles. The minimum absolute atomic E-state index is 0.0453. The van der Waals surface area contributed by atoms with Crippen LogP contribution in [0, 0.1) is 0 Å². The predicted octanol–water partition coefficient (Wildman–Crippen LogP) is 5.30. The van der Waals surface area contributed by atoms with E-state index in [-0.39, 0.29) is 12.2 Å². The van der Waals surface area contributed by atoms with Crippen molar-refractivity contribution in [3.05, 3.63) is 69.7 Å². The maximum atomic E-state index is 12.5. The molecule has 48 heavy (non-hydrogen) atoms. The van der Waals surface area contributed by atoms with Gasteiger partial charge in [-0.15, -0.1) is 0 Å². The molecule has 2 aromatic rings. The number of halogens is 1. The monoisotopic (exact) mass is 686 g/mol. The first kappa shape index (κ1) is 35.8. The Kier molecular flexibility index (Phi) is 11.1. The fourth-order valence-corrected chi connectivity index (χ4v) is 7.45. The van der Waals surface area contributed by atoms with Crippen LogP contribution in [0.4, 0.5) is 0 Å². The maximum absolute atomic E-state index is 12.5. The molecule has 0 bridgehead atoms. The van der Waals surface area contributed by atoms with Gasteiger partial charge in [-0.05, 0) is 54.5 Å². The molecule has 6 atom stereocenters. The molecule has 5 rings (SSSR count). The largest absolute Gasteiger partial charge is 0.463 e. The van der Waals surface area contributed by atoms with Crippen LogP contribution in [0.1, 0.15) is 88.0 Å². The van der Waals surface area contributed by atoms with Gasteiger partial charge in [0.1, 0.15) is 12.7 Å². The van der Waals surface area contributed by atoms with Gasteiger partial charge in [0.25, 0.3) is 0 Å². The van der Waals surface area contributed by atoms with Crippen molar-refractivity contribution in [2.24, 2.45) is 0 Å². The second-order valence-corrected chi connectivity index (χ2v) is 13.2. The topological polar surface area (TPSA) is 133 Å². The summed E-state index contributed by atoms with van der Waals surface area (Å²) in [6.45, 7) is 5.07. The number of hydrogen-bond acceptors (Lipinski definition) is 11. The summed E-state index contributed by atoms with van der Waals surface area (Å²) in [5, 5.41) is 0.479. The highest BCUT2D eigenvalue weighted by molar-refractivity contribution is 6.31. The number of methoxy groups -OCH3 is 1. The Bertz CT molecular complexity index is 1500. The van der Waals surface area contributed by atoms with Gasteiger partial charge in [-0.2, -0.15) is 0 Å². The highest BCUT2D eigenvalue weighted by Gasteiger charge is 2.61. The molecule has 0 radical (unpaired) electrons. The average molecular weight is 687 g/mol. The highest BCUT2D eigenvalue weighted by atomic mass is 35.5. The van der Waals surface area contributed by atoms with Gasteiger partial charge in [-0.1, -0.05) is 54.8 Å². The first-order chi connectivity index (χ1) is 22.8. The number of esters is 4. The van der Waals surface area contributed by atoms with E-state index in [1.807, 2.05) is 0 Å². The van der Waals surface area contributed by atoms with E-state index in [2.05, 4.69) is 24.3 Å². The Morgan fingerprint density at radius 1 is 0.854 bits per heavy atom. The molecule has 11 nitrogen and oxygen atoms in total. The second-order valence-electron chi connectivity index (χ2n) is 12.8. The summed E-state index contributed by atoms with van der Waals surface area (Å²) >= 11 is 6.72. The minimum Gasteiger partial charge on any atom is -0.463 e. The SMILES string of the molecule is COC1(c2ccc(Cl)c(Cc3ccc(C4COC5(CCCC5)C4)cc3)c2)O[C@H](COC(C)=O)[C@@H](OC(C)=O)[C@H](OC(C)=O)[C@H]1OC(C)=O. The summed E-state index contributed by atoms with van der Waals surface area (Å²) in [4.78, 5) is 48.8. The molecule has 2 unspecified atom stereocenters. The third kappa shape index (κ3) is 7.86. The quantitative estimate of drug-likeness (QED) is 0.238. The molecular weight excluding hydrogens is 644 g/mol. The van der Waals surface area contributed by atoms with E-state index in [1.54, 1.807) is 18.2 Å². The summed E-state index contributed by atoms with van der Waals surface area (Å²) in [6, 6.07) is 13.5. The lowest BCUT2D eigenvalue weighted by Crippen LogP contribution is -2.67. The van der Waals surface area contributed by atoms with Gasteiger partial charge in [-0.25, -0.2) is 0 Å². The van der Waals surface area contributed by atoms with Crippen molar-refractivity contribution >= 4 is 35.5 Å². The van der Waals surface area contributed by atoms with Crippen molar-refractivity contribution in [3.8, 4) is 0 Å². The summed E-state index contributed by atoms with van der Waals surface area (Å²) in [5.41, 5.74) is 3.41. The van der Waals surface area contributed by atoms with Crippen LogP contribution in [0.3, 0.4) is 0 Å². The average Bonchev–Trinajstić information content (AvgIpc) is 3.68. The molecule has 1 spiro atoms. The third-order valence-electron chi connectivity index (χ3n) is 9.36. The molecule has 2 aliphatic heterocycles. The Hall–Kier alpha value is -3.51. The molecule has 1 aliphatic carbocycles. The van der Waals surface area contributed by atoms with E-state index >= 15 is 0 Å². The van der Waals surface area contributed by atoms with Gasteiger partial charge < -0.3 is 33.2 Å². The van der Waals surface area contributed by atoms with Gasteiger partial charge in [-0.3, -0.25) is 19.2 Å². The first-order valence-electron chi connectivity index (χ1n) is 16.2. The number of carbonyl (C=O) groups excluding carboxylic acids is 4. The molecular formula is C36H43ClO11. The van der Waals surface area contributed by atoms with Crippen LogP contribution in [0.15, 0.2) is 42.5 Å². The van der Waals surface area contributed by atoms with Crippen LogP contribution >= 0.6 is 11.6 Å². The Labute approximate surface area is 285 Å². The zero-order valence-corrected chi connectivity index (χ0v) is 28.7. The summed E-state index contributed by atoms with van der Waals surface area (Å²) in [6.07, 6.45) is 0.867. The number of hydrogen-bond donors (Lipinski definition) is 0. The van der Waals surface area contributed by atoms with Gasteiger partial charge >= 0.3 is 23.9 Å². The number of benzene rings is 2. The zero-order valence-electron chi connectivity index (χ0n) is 28.0. The predicted molar refractivity (Wildman–Crippen MR) is 172 cm³/mol. The molecule has 0 amide bonds. The van der Waals surface area contributed by atoms with Crippen molar-refractivity contribution in [3.63, 3.8) is 0 Å². The summed E-state index contributed by atoms with van der Waals surface area (Å²) < 4.78 is 40.9. The van der Waals surface area contributed by atoms with Gasteiger partial charge in [0.15, 0.2) is 12.2 Å². The van der Waals surface area contributed by atoms with Gasteiger partial charge in [0.05, 0.1) is 12.2 Å². The molecule has 1 saturated carbocycles. The molecule has 260 valence electrons. The van der Waals surface area contributed by atoms with E-state index < -0.39 is 54.1 Å². The van der Waals surface area contributed by atoms with Crippen LogP contribution in [0.2, 0.25) is 5.02 Å². The molecule has 12 heteroatoms. The van der Waals surface area contributed by atoms with Crippen molar-refractivity contribution in [2.75, 3.05) is 20.3 Å². The van der Waals surface area contributed by atoms with E-state index in [0.29, 0.717) is 22.9 Å². The van der Waals surface area contributed by atoms with Crippen LogP contribution in [0.25, 0.3) is 0 Å². The third-order valence-corrected chi connectivity index (χ3v) is 9.73. The van der Waals surface area contributed by atoms with Crippen molar-refractivity contribution < 1.29 is 52.3 Å². The maximum Gasteiger partial charge on any atom is 0.303 e. The first-order valence-corrected chi connectivity index (χ1v) is 16.6. The van der Waals surface area contributed by atoms with Gasteiger partial charge in [0, 0.05) is 51.3 Å². The van der Waals surface area contributed by atoms with Crippen molar-refractivity contribution in [2.45, 2.75) is 108 Å². The van der Waals surface area contributed by atoms with E-state index in [0.717, 1.165) is 37.0 Å². The molecule has 2 heterocycles. The van der Waals surface area contributed by atoms with Gasteiger partial charge in [0.2, 0.25) is 11.9 Å². The van der Waals surface area contributed by atoms with Crippen molar-refractivity contribution in [1.82, 2.24) is 0 Å². The molecule has 3 fully saturated rings. The van der Waals surface area contributed by atoms with Crippen LogP contribution in [-0.4, -0.2) is 74.2 Å². The second kappa shape index (κ2) is 14.9. The zero-order chi connectivity index (χ0) is 34.6. The number of carbonyl (C=O) groups is 4. The smallest absolute Gasteiger partial charge is 0.303 e. The summed E-state index contributed by atoms with van der Waals surface area (Å²) in [7, 11) is 1.34. The fourth-order valence-electron chi connectivity index (χ4n) is 7.26. The Morgan fingerprint density at radius 3 is 2.10 bits per heavy atom. The molecule has 3 aliphatic rings.